The number of aromatic nitrogens is 2. The average molecular weight is 286 g/mol. The maximum atomic E-state index is 12.7. The van der Waals surface area contributed by atoms with Gasteiger partial charge in [-0.3, -0.25) is 4.68 Å². The normalized spacial score (nSPS) is 21.7. The molecule has 0 bridgehead atoms. The van der Waals surface area contributed by atoms with E-state index < -0.39 is 10.0 Å². The van der Waals surface area contributed by atoms with Crippen molar-refractivity contribution in [2.45, 2.75) is 38.3 Å². The maximum Gasteiger partial charge on any atom is 0.260 e. The van der Waals surface area contributed by atoms with Crippen molar-refractivity contribution in [3.05, 3.63) is 11.8 Å². The molecule has 1 aliphatic heterocycles. The molecule has 7 heteroatoms. The van der Waals surface area contributed by atoms with Gasteiger partial charge in [0.05, 0.1) is 5.69 Å². The van der Waals surface area contributed by atoms with E-state index in [9.17, 15) is 8.42 Å². The molecule has 1 saturated heterocycles. The zero-order chi connectivity index (χ0) is 14.0. The first-order valence-corrected chi connectivity index (χ1v) is 8.17. The molecule has 2 rings (SSSR count). The number of hydrogen-bond donors (Lipinski definition) is 1. The number of hydrogen-bond acceptors (Lipinski definition) is 4. The molecule has 0 radical (unpaired) electrons. The second-order valence-corrected chi connectivity index (χ2v) is 6.93. The Balaban J connectivity index is 2.31. The van der Waals surface area contributed by atoms with E-state index >= 15 is 0 Å². The molecule has 0 amide bonds. The van der Waals surface area contributed by atoms with E-state index in [4.69, 9.17) is 5.73 Å². The monoisotopic (exact) mass is 286 g/mol. The number of rotatable bonds is 4. The Kier molecular flexibility index (Phi) is 4.27. The standard InChI is InChI=1S/C12H22N4O2S/c1-3-16-12(7-10(2)14-16)19(17,18)15-6-4-5-11(8-13)9-15/h7,11H,3-6,8-9,13H2,1-2H3. The highest BCUT2D eigenvalue weighted by Gasteiger charge is 2.32. The minimum atomic E-state index is -3.45. The lowest BCUT2D eigenvalue weighted by atomic mass is 10.0. The molecule has 0 spiro atoms. The van der Waals surface area contributed by atoms with Gasteiger partial charge in [-0.15, -0.1) is 0 Å². The molecule has 1 fully saturated rings. The first-order valence-electron chi connectivity index (χ1n) is 6.73. The predicted octanol–water partition coefficient (Wildman–Crippen LogP) is 0.571. The Morgan fingerprint density at radius 1 is 1.53 bits per heavy atom. The van der Waals surface area contributed by atoms with Gasteiger partial charge in [-0.2, -0.15) is 9.40 Å². The highest BCUT2D eigenvalue weighted by atomic mass is 32.2. The fourth-order valence-electron chi connectivity index (χ4n) is 2.53. The Labute approximate surface area is 114 Å². The zero-order valence-electron chi connectivity index (χ0n) is 11.5. The van der Waals surface area contributed by atoms with Crippen molar-refractivity contribution < 1.29 is 8.42 Å². The van der Waals surface area contributed by atoms with Crippen LogP contribution < -0.4 is 5.73 Å². The smallest absolute Gasteiger partial charge is 0.260 e. The molecule has 6 nitrogen and oxygen atoms in total. The number of aryl methyl sites for hydroxylation is 2. The molecule has 1 unspecified atom stereocenters. The van der Waals surface area contributed by atoms with Crippen LogP contribution in [0.5, 0.6) is 0 Å². The van der Waals surface area contributed by atoms with Crippen LogP contribution in [-0.2, 0) is 16.6 Å². The van der Waals surface area contributed by atoms with E-state index in [-0.39, 0.29) is 5.92 Å². The van der Waals surface area contributed by atoms with E-state index in [1.807, 2.05) is 13.8 Å². The third kappa shape index (κ3) is 2.82. The molecule has 0 aliphatic carbocycles. The van der Waals surface area contributed by atoms with Crippen LogP contribution in [0.15, 0.2) is 11.1 Å². The number of piperidine rings is 1. The maximum absolute atomic E-state index is 12.7. The zero-order valence-corrected chi connectivity index (χ0v) is 12.4. The minimum absolute atomic E-state index is 0.266. The molecule has 0 saturated carbocycles. The van der Waals surface area contributed by atoms with Crippen molar-refractivity contribution in [1.82, 2.24) is 14.1 Å². The summed E-state index contributed by atoms with van der Waals surface area (Å²) >= 11 is 0. The molecule has 1 atom stereocenters. The molecule has 2 N–H and O–H groups in total. The van der Waals surface area contributed by atoms with Crippen molar-refractivity contribution >= 4 is 10.0 Å². The largest absolute Gasteiger partial charge is 0.330 e. The lowest BCUT2D eigenvalue weighted by Crippen LogP contribution is -2.42. The van der Waals surface area contributed by atoms with Crippen LogP contribution in [0.25, 0.3) is 0 Å². The summed E-state index contributed by atoms with van der Waals surface area (Å²) < 4.78 is 28.4. The van der Waals surface area contributed by atoms with Gasteiger partial charge < -0.3 is 5.73 Å². The minimum Gasteiger partial charge on any atom is -0.330 e. The molecule has 2 heterocycles. The van der Waals surface area contributed by atoms with Crippen LogP contribution in [0.2, 0.25) is 0 Å². The van der Waals surface area contributed by atoms with Crippen LogP contribution in [0.3, 0.4) is 0 Å². The van der Waals surface area contributed by atoms with Crippen LogP contribution in [0.1, 0.15) is 25.5 Å². The van der Waals surface area contributed by atoms with E-state index in [2.05, 4.69) is 5.10 Å². The Morgan fingerprint density at radius 2 is 2.26 bits per heavy atom. The molecule has 19 heavy (non-hydrogen) atoms. The van der Waals surface area contributed by atoms with E-state index in [1.54, 1.807) is 15.1 Å². The Bertz CT molecular complexity index is 538. The molecule has 1 aromatic heterocycles. The summed E-state index contributed by atoms with van der Waals surface area (Å²) in [4.78, 5) is 0. The van der Waals surface area contributed by atoms with Crippen LogP contribution >= 0.6 is 0 Å². The topological polar surface area (TPSA) is 81.2 Å². The number of sulfonamides is 1. The highest BCUT2D eigenvalue weighted by molar-refractivity contribution is 7.89. The predicted molar refractivity (Wildman–Crippen MR) is 73.2 cm³/mol. The second kappa shape index (κ2) is 5.60. The first-order chi connectivity index (χ1) is 8.98. The molecule has 0 aromatic carbocycles. The SMILES string of the molecule is CCn1nc(C)cc1S(=O)(=O)N1CCCC(CN)C1. The summed E-state index contributed by atoms with van der Waals surface area (Å²) in [5.41, 5.74) is 6.40. The van der Waals surface area contributed by atoms with Crippen molar-refractivity contribution in [3.63, 3.8) is 0 Å². The van der Waals surface area contributed by atoms with Crippen molar-refractivity contribution in [3.8, 4) is 0 Å². The van der Waals surface area contributed by atoms with Crippen LogP contribution in [-0.4, -0.2) is 42.1 Å². The fourth-order valence-corrected chi connectivity index (χ4v) is 4.32. The fraction of sp³-hybridized carbons (Fsp3) is 0.750. The average Bonchev–Trinajstić information content (AvgIpc) is 2.81. The highest BCUT2D eigenvalue weighted by Crippen LogP contribution is 2.23. The van der Waals surface area contributed by atoms with Gasteiger partial charge in [-0.05, 0) is 45.2 Å². The molecular weight excluding hydrogens is 264 g/mol. The lowest BCUT2D eigenvalue weighted by Gasteiger charge is -2.31. The van der Waals surface area contributed by atoms with Gasteiger partial charge in [-0.25, -0.2) is 8.42 Å². The van der Waals surface area contributed by atoms with Crippen molar-refractivity contribution in [2.75, 3.05) is 19.6 Å². The van der Waals surface area contributed by atoms with Gasteiger partial charge >= 0.3 is 0 Å². The van der Waals surface area contributed by atoms with Crippen molar-refractivity contribution in [2.24, 2.45) is 11.7 Å². The molecule has 1 aromatic rings. The second-order valence-electron chi connectivity index (χ2n) is 5.05. The summed E-state index contributed by atoms with van der Waals surface area (Å²) in [5, 5.41) is 4.51. The van der Waals surface area contributed by atoms with Gasteiger partial charge in [0.25, 0.3) is 10.0 Å². The Hall–Kier alpha value is -0.920. The van der Waals surface area contributed by atoms with Gasteiger partial charge in [0.15, 0.2) is 5.03 Å². The molecule has 1 aliphatic rings. The summed E-state index contributed by atoms with van der Waals surface area (Å²) in [6.45, 7) is 5.89. The summed E-state index contributed by atoms with van der Waals surface area (Å²) in [5.74, 6) is 0.266. The number of nitrogens with zero attached hydrogens (tertiary/aromatic N) is 3. The van der Waals surface area contributed by atoms with Crippen molar-refractivity contribution in [1.29, 1.82) is 0 Å². The lowest BCUT2D eigenvalue weighted by molar-refractivity contribution is 0.269. The molecular formula is C12H22N4O2S. The summed E-state index contributed by atoms with van der Waals surface area (Å²) in [7, 11) is -3.45. The van der Waals surface area contributed by atoms with Gasteiger partial charge in [-0.1, -0.05) is 0 Å². The Morgan fingerprint density at radius 3 is 2.89 bits per heavy atom. The van der Waals surface area contributed by atoms with Crippen LogP contribution in [0.4, 0.5) is 0 Å². The van der Waals surface area contributed by atoms with Gasteiger partial charge in [0.2, 0.25) is 0 Å². The third-order valence-electron chi connectivity index (χ3n) is 3.58. The van der Waals surface area contributed by atoms with Crippen LogP contribution in [0, 0.1) is 12.8 Å². The van der Waals surface area contributed by atoms with E-state index in [0.717, 1.165) is 18.5 Å². The number of nitrogens with two attached hydrogens (primary N) is 1. The quantitative estimate of drug-likeness (QED) is 0.877. The van der Waals surface area contributed by atoms with E-state index in [0.29, 0.717) is 31.2 Å². The summed E-state index contributed by atoms with van der Waals surface area (Å²) in [6, 6.07) is 1.64. The van der Waals surface area contributed by atoms with Gasteiger partial charge in [0, 0.05) is 19.6 Å². The molecule has 108 valence electrons. The van der Waals surface area contributed by atoms with E-state index in [1.165, 1.54) is 0 Å². The summed E-state index contributed by atoms with van der Waals surface area (Å²) in [6.07, 6.45) is 1.88. The first kappa shape index (κ1) is 14.5. The van der Waals surface area contributed by atoms with Gasteiger partial charge in [0.1, 0.15) is 0 Å². The third-order valence-corrected chi connectivity index (χ3v) is 5.45.